The van der Waals surface area contributed by atoms with E-state index in [4.69, 9.17) is 0 Å². The molecule has 0 bridgehead atoms. The summed E-state index contributed by atoms with van der Waals surface area (Å²) in [5, 5.41) is 0.519. The Morgan fingerprint density at radius 3 is 1.77 bits per heavy atom. The van der Waals surface area contributed by atoms with E-state index in [1.54, 1.807) is 0 Å². The normalized spacial score (nSPS) is 13.6. The van der Waals surface area contributed by atoms with Crippen LogP contribution in [0.15, 0.2) is 0 Å². The van der Waals surface area contributed by atoms with Gasteiger partial charge in [-0.05, 0) is 30.3 Å². The monoisotopic (exact) mass is 316 g/mol. The van der Waals surface area contributed by atoms with Gasteiger partial charge in [-0.3, -0.25) is 0 Å². The molecule has 0 aromatic rings. The van der Waals surface area contributed by atoms with Crippen molar-refractivity contribution in [3.05, 3.63) is 0 Å². The van der Waals surface area contributed by atoms with Crippen LogP contribution in [0.4, 0.5) is 0 Å². The molecule has 0 fully saturated rings. The maximum absolute atomic E-state index is 3.10. The van der Waals surface area contributed by atoms with Crippen LogP contribution in [0.25, 0.3) is 0 Å². The first-order valence-corrected chi connectivity index (χ1v) is 6.01. The molecule has 0 saturated carbocycles. The smallest absolute Gasteiger partial charge is 0.0127 e. The summed E-state index contributed by atoms with van der Waals surface area (Å²) in [6.07, 6.45) is 6.65. The lowest BCUT2D eigenvalue weighted by molar-refractivity contribution is 0.321. The first kappa shape index (κ1) is 16.6. The molecule has 0 nitrogen and oxygen atoms in total. The molecule has 0 spiro atoms. The minimum Gasteiger partial charge on any atom is -0.131 e. The Kier molecular flexibility index (Phi) is 10.8. The van der Waals surface area contributed by atoms with Crippen molar-refractivity contribution in [2.45, 2.75) is 65.0 Å². The fourth-order valence-electron chi connectivity index (χ4n) is 2.07. The summed E-state index contributed by atoms with van der Waals surface area (Å²) in [5.74, 6) is 0.905. The molecular weight excluding hydrogens is 290 g/mol. The molecule has 0 aliphatic rings. The molecule has 0 heterocycles. The number of hydrogen-bond donors (Lipinski definition) is 0. The lowest BCUT2D eigenvalue weighted by atomic mass is 9.82. The van der Waals surface area contributed by atoms with Gasteiger partial charge in [0.2, 0.25) is 0 Å². The van der Waals surface area contributed by atoms with Gasteiger partial charge < -0.3 is 0 Å². The third-order valence-electron chi connectivity index (χ3n) is 3.26. The number of halogens is 1. The van der Waals surface area contributed by atoms with Gasteiger partial charge in [0, 0.05) is 0 Å². The van der Waals surface area contributed by atoms with Crippen molar-refractivity contribution in [2.75, 3.05) is 0 Å². The van der Waals surface area contributed by atoms with Crippen LogP contribution in [0.1, 0.15) is 59.8 Å². The van der Waals surface area contributed by atoms with E-state index >= 15 is 0 Å². The van der Waals surface area contributed by atoms with E-state index in [2.05, 4.69) is 36.9 Å². The fraction of sp³-hybridized carbons (Fsp3) is 1.00. The molecule has 0 aromatic heterocycles. The van der Waals surface area contributed by atoms with Gasteiger partial charge >= 0.3 is 0 Å². The molecule has 13 heavy (non-hydrogen) atoms. The second-order valence-corrected chi connectivity index (χ2v) is 4.98. The maximum atomic E-state index is 3.10. The highest BCUT2D eigenvalue weighted by Crippen LogP contribution is 2.39. The van der Waals surface area contributed by atoms with Gasteiger partial charge in [0.15, 0.2) is 0 Å². The Hall–Kier alpha value is 1.16. The topological polar surface area (TPSA) is 0 Å². The predicted molar refractivity (Wildman–Crippen MR) is 77.1 cm³/mol. The molecule has 0 amide bonds. The molecule has 0 radical (unpaired) electrons. The van der Waals surface area contributed by atoms with E-state index in [0.717, 1.165) is 5.92 Å². The highest BCUT2D eigenvalue weighted by atomic mass is 127. The van der Waals surface area contributed by atoms with Gasteiger partial charge in [0.25, 0.3) is 0 Å². The van der Waals surface area contributed by atoms with Crippen LogP contribution in [0.2, 0.25) is 0 Å². The summed E-state index contributed by atoms with van der Waals surface area (Å²) in [7, 11) is 3.10. The predicted octanol–water partition coefficient (Wildman–Crippen LogP) is 4.86. The molecule has 82 valence electrons. The Labute approximate surface area is 104 Å². The van der Waals surface area contributed by atoms with Crippen LogP contribution in [0, 0.1) is 5.92 Å². The van der Waals surface area contributed by atoms with Crippen LogP contribution in [0.5, 0.6) is 0 Å². The third kappa shape index (κ3) is 4.97. The van der Waals surface area contributed by atoms with E-state index in [1.165, 1.54) is 32.1 Å². The number of rotatable bonds is 6. The zero-order valence-electron chi connectivity index (χ0n) is 9.60. The zero-order chi connectivity index (χ0) is 9.61. The van der Waals surface area contributed by atoms with Crippen molar-refractivity contribution in [2.24, 2.45) is 5.92 Å². The van der Waals surface area contributed by atoms with Crippen molar-refractivity contribution in [1.29, 1.82) is 0 Å². The minimum absolute atomic E-state index is 0. The lowest BCUT2D eigenvalue weighted by Crippen LogP contribution is -2.29. The molecule has 0 aromatic carbocycles. The van der Waals surface area contributed by atoms with Crippen LogP contribution in [0.3, 0.4) is 0 Å². The highest BCUT2D eigenvalue weighted by Gasteiger charge is 2.28. The van der Waals surface area contributed by atoms with Crippen molar-refractivity contribution >= 4 is 33.2 Å². The molecule has 0 aliphatic carbocycles. The van der Waals surface area contributed by atoms with Crippen LogP contribution >= 0.6 is 33.2 Å². The lowest BCUT2D eigenvalue weighted by Gasteiger charge is -2.35. The summed E-state index contributed by atoms with van der Waals surface area (Å²) in [5.41, 5.74) is 0. The van der Waals surface area contributed by atoms with Gasteiger partial charge in [0.1, 0.15) is 0 Å². The summed E-state index contributed by atoms with van der Waals surface area (Å²) in [4.78, 5) is 0. The molecule has 2 unspecified atom stereocenters. The van der Waals surface area contributed by atoms with Crippen molar-refractivity contribution in [1.82, 2.24) is 0 Å². The van der Waals surface area contributed by atoms with E-state index < -0.39 is 0 Å². The molecular formula is C11H26IP. The van der Waals surface area contributed by atoms with E-state index in [-0.39, 0.29) is 24.0 Å². The molecule has 0 N–H and O–H groups in total. The first-order chi connectivity index (χ1) is 5.64. The fourth-order valence-corrected chi connectivity index (χ4v) is 2.48. The quantitative estimate of drug-likeness (QED) is 0.485. The summed E-state index contributed by atoms with van der Waals surface area (Å²) >= 11 is 0. The van der Waals surface area contributed by atoms with E-state index in [9.17, 15) is 0 Å². The molecule has 2 atom stereocenters. The first-order valence-electron chi connectivity index (χ1n) is 5.43. The summed E-state index contributed by atoms with van der Waals surface area (Å²) < 4.78 is 0. The van der Waals surface area contributed by atoms with Crippen molar-refractivity contribution in [3.8, 4) is 0 Å². The Balaban J connectivity index is 0. The van der Waals surface area contributed by atoms with Crippen LogP contribution < -0.4 is 0 Å². The van der Waals surface area contributed by atoms with Crippen molar-refractivity contribution < 1.29 is 0 Å². The maximum Gasteiger partial charge on any atom is -0.0127 e. The van der Waals surface area contributed by atoms with Gasteiger partial charge in [-0.2, -0.15) is 0 Å². The highest BCUT2D eigenvalue weighted by molar-refractivity contribution is 14.0. The minimum atomic E-state index is 0. The number of hydrogen-bond acceptors (Lipinski definition) is 0. The third-order valence-corrected chi connectivity index (χ3v) is 4.55. The Morgan fingerprint density at radius 1 is 1.08 bits per heavy atom. The molecule has 0 rings (SSSR count). The second-order valence-electron chi connectivity index (χ2n) is 3.83. The molecule has 0 aliphatic heterocycles. The SMILES string of the molecule is CCCC(CC)C(P)(CC)CC.I. The van der Waals surface area contributed by atoms with Gasteiger partial charge in [-0.25, -0.2) is 0 Å². The Bertz CT molecular complexity index is 111. The van der Waals surface area contributed by atoms with Gasteiger partial charge in [-0.15, -0.1) is 33.2 Å². The van der Waals surface area contributed by atoms with Crippen LogP contribution in [-0.4, -0.2) is 5.16 Å². The standard InChI is InChI=1S/C11H25P.HI/c1-5-9-10(6-2)11(12,7-3)8-4;/h10H,5-9,12H2,1-4H3;1H. The molecule has 2 heteroatoms. The average molecular weight is 316 g/mol. The largest absolute Gasteiger partial charge is 0.131 e. The average Bonchev–Trinajstić information content (AvgIpc) is 2.13. The van der Waals surface area contributed by atoms with E-state index in [1.807, 2.05) is 0 Å². The molecule has 0 saturated heterocycles. The Morgan fingerprint density at radius 2 is 1.54 bits per heavy atom. The summed E-state index contributed by atoms with van der Waals surface area (Å²) in [6.45, 7) is 9.24. The van der Waals surface area contributed by atoms with Crippen molar-refractivity contribution in [3.63, 3.8) is 0 Å². The van der Waals surface area contributed by atoms with Gasteiger partial charge in [0.05, 0.1) is 0 Å². The zero-order valence-corrected chi connectivity index (χ0v) is 13.1. The van der Waals surface area contributed by atoms with E-state index in [0.29, 0.717) is 5.16 Å². The van der Waals surface area contributed by atoms with Gasteiger partial charge in [-0.1, -0.05) is 40.5 Å². The second kappa shape index (κ2) is 8.47. The summed E-state index contributed by atoms with van der Waals surface area (Å²) in [6, 6.07) is 0. The van der Waals surface area contributed by atoms with Crippen LogP contribution in [-0.2, 0) is 0 Å².